The fourth-order valence-corrected chi connectivity index (χ4v) is 0.497. The van der Waals surface area contributed by atoms with E-state index in [1.165, 1.54) is 6.20 Å². The fraction of sp³-hybridized carbons (Fsp3) is 0.500. The van der Waals surface area contributed by atoms with Gasteiger partial charge in [0.25, 0.3) is 0 Å². The van der Waals surface area contributed by atoms with E-state index in [2.05, 4.69) is 9.85 Å². The summed E-state index contributed by atoms with van der Waals surface area (Å²) < 4.78 is 4.69. The van der Waals surface area contributed by atoms with Crippen LogP contribution in [0.5, 0.6) is 0 Å². The van der Waals surface area contributed by atoms with Gasteiger partial charge in [-0.15, -0.1) is 0 Å². The molecule has 0 aliphatic heterocycles. The Labute approximate surface area is 69.5 Å². The van der Waals surface area contributed by atoms with Gasteiger partial charge < -0.3 is 15.6 Å². The quantitative estimate of drug-likeness (QED) is 0.396. The molecule has 0 bridgehead atoms. The smallest absolute Gasteiger partial charge is 0.329 e. The van der Waals surface area contributed by atoms with Crippen molar-refractivity contribution in [2.45, 2.75) is 6.42 Å². The van der Waals surface area contributed by atoms with Crippen LogP contribution in [-0.4, -0.2) is 24.3 Å². The van der Waals surface area contributed by atoms with Gasteiger partial charge in [-0.25, -0.2) is 10.3 Å². The number of nitrogens with zero attached hydrogens (tertiary/aromatic N) is 1. The lowest BCUT2D eigenvalue weighted by molar-refractivity contribution is -0.142. The van der Waals surface area contributed by atoms with E-state index in [1.54, 1.807) is 0 Å². The maximum atomic E-state index is 9.95. The molecule has 0 aliphatic carbocycles. The van der Waals surface area contributed by atoms with Gasteiger partial charge in [0, 0.05) is 12.1 Å². The maximum Gasteiger partial charge on any atom is 0.329 e. The van der Waals surface area contributed by atoms with E-state index >= 15 is 0 Å². The van der Waals surface area contributed by atoms with Gasteiger partial charge in [-0.1, -0.05) is 0 Å². The van der Waals surface area contributed by atoms with Crippen molar-refractivity contribution in [1.29, 1.82) is 5.53 Å². The van der Waals surface area contributed by atoms with E-state index in [-0.39, 0.29) is 13.2 Å². The summed E-state index contributed by atoms with van der Waals surface area (Å²) in [7, 11) is 0. The van der Waals surface area contributed by atoms with Crippen LogP contribution in [-0.2, 0) is 9.53 Å². The highest BCUT2D eigenvalue weighted by Crippen LogP contribution is 1.93. The minimum Gasteiger partial charge on any atom is -0.480 e. The van der Waals surface area contributed by atoms with Gasteiger partial charge in [0.15, 0.2) is 0 Å². The molecule has 68 valence electrons. The molecule has 6 nitrogen and oxygen atoms in total. The van der Waals surface area contributed by atoms with E-state index in [1.807, 2.05) is 0 Å². The van der Waals surface area contributed by atoms with Gasteiger partial charge in [-0.2, -0.15) is 5.11 Å². The van der Waals surface area contributed by atoms with Crippen molar-refractivity contribution in [3.63, 3.8) is 0 Å². The molecule has 0 heterocycles. The summed E-state index contributed by atoms with van der Waals surface area (Å²) in [5.41, 5.74) is 12.1. The summed E-state index contributed by atoms with van der Waals surface area (Å²) in [4.78, 5) is 9.95. The van der Waals surface area contributed by atoms with E-state index in [9.17, 15) is 4.79 Å². The highest BCUT2D eigenvalue weighted by Gasteiger charge is 1.96. The Hall–Kier alpha value is -1.43. The van der Waals surface area contributed by atoms with Crippen LogP contribution in [0.1, 0.15) is 6.42 Å². The molecule has 0 saturated carbocycles. The maximum absolute atomic E-state index is 9.95. The lowest BCUT2D eigenvalue weighted by atomic mass is 10.3. The Balaban J connectivity index is 3.37. The molecule has 0 aromatic carbocycles. The standard InChI is InChI=1S/C6H11N3O3/c7-5(3-9-8)1-2-12-4-6(10)11/h3,8H,1-2,4,7H2,(H,10,11)/b5-3-,9-8?. The second-order valence-corrected chi connectivity index (χ2v) is 2.03. The predicted octanol–water partition coefficient (Wildman–Crippen LogP) is 0.309. The number of nitrogens with one attached hydrogen (secondary N) is 1. The van der Waals surface area contributed by atoms with Crippen molar-refractivity contribution in [2.75, 3.05) is 13.2 Å². The molecule has 0 aromatic heterocycles. The average Bonchev–Trinajstić information content (AvgIpc) is 1.98. The van der Waals surface area contributed by atoms with Crippen molar-refractivity contribution in [2.24, 2.45) is 10.8 Å². The van der Waals surface area contributed by atoms with Gasteiger partial charge >= 0.3 is 5.97 Å². The third-order valence-electron chi connectivity index (χ3n) is 0.991. The van der Waals surface area contributed by atoms with Crippen LogP contribution >= 0.6 is 0 Å². The molecule has 0 aromatic rings. The first kappa shape index (κ1) is 10.6. The van der Waals surface area contributed by atoms with Crippen LogP contribution in [0.15, 0.2) is 17.0 Å². The molecule has 0 amide bonds. The summed E-state index contributed by atoms with van der Waals surface area (Å²) in [6.45, 7) is -0.102. The Bertz CT molecular complexity index is 190. The molecule has 0 fully saturated rings. The van der Waals surface area contributed by atoms with E-state index in [0.717, 1.165) is 0 Å². The molecule has 0 spiro atoms. The molecule has 0 saturated heterocycles. The van der Waals surface area contributed by atoms with Crippen LogP contribution in [0.2, 0.25) is 0 Å². The molecule has 12 heavy (non-hydrogen) atoms. The summed E-state index contributed by atoms with van der Waals surface area (Å²) in [5, 5.41) is 11.1. The van der Waals surface area contributed by atoms with Crippen molar-refractivity contribution < 1.29 is 14.6 Å². The Kier molecular flexibility index (Phi) is 5.54. The molecule has 6 heteroatoms. The minimum atomic E-state index is -1.01. The first-order chi connectivity index (χ1) is 5.66. The number of carboxylic acid groups (broad SMARTS) is 1. The summed E-state index contributed by atoms with van der Waals surface area (Å²) >= 11 is 0. The third-order valence-corrected chi connectivity index (χ3v) is 0.991. The van der Waals surface area contributed by atoms with E-state index in [4.69, 9.17) is 16.4 Å². The predicted molar refractivity (Wildman–Crippen MR) is 40.5 cm³/mol. The summed E-state index contributed by atoms with van der Waals surface area (Å²) in [6.07, 6.45) is 1.57. The van der Waals surface area contributed by atoms with Crippen LogP contribution < -0.4 is 5.73 Å². The van der Waals surface area contributed by atoms with Gasteiger partial charge in [0.1, 0.15) is 6.61 Å². The van der Waals surface area contributed by atoms with Crippen molar-refractivity contribution in [1.82, 2.24) is 0 Å². The molecule has 0 unspecified atom stereocenters. The second kappa shape index (κ2) is 6.29. The number of aliphatic carboxylic acids is 1. The lowest BCUT2D eigenvalue weighted by Gasteiger charge is -1.99. The van der Waals surface area contributed by atoms with Crippen LogP contribution in [0.4, 0.5) is 0 Å². The second-order valence-electron chi connectivity index (χ2n) is 2.03. The van der Waals surface area contributed by atoms with Crippen molar-refractivity contribution in [3.05, 3.63) is 11.9 Å². The van der Waals surface area contributed by atoms with Crippen LogP contribution in [0, 0.1) is 5.53 Å². The van der Waals surface area contributed by atoms with Gasteiger partial charge in [0.05, 0.1) is 12.8 Å². The van der Waals surface area contributed by atoms with Crippen LogP contribution in [0.25, 0.3) is 0 Å². The van der Waals surface area contributed by atoms with Gasteiger partial charge in [0.2, 0.25) is 0 Å². The monoisotopic (exact) mass is 173 g/mol. The summed E-state index contributed by atoms with van der Waals surface area (Å²) in [5.74, 6) is -1.01. The molecule has 0 rings (SSSR count). The van der Waals surface area contributed by atoms with Crippen LogP contribution in [0.3, 0.4) is 0 Å². The lowest BCUT2D eigenvalue weighted by Crippen LogP contribution is -2.09. The highest BCUT2D eigenvalue weighted by atomic mass is 16.5. The average molecular weight is 173 g/mol. The zero-order valence-corrected chi connectivity index (χ0v) is 6.49. The molecular formula is C6H11N3O3. The molecule has 0 atom stereocenters. The zero-order chi connectivity index (χ0) is 9.40. The molecular weight excluding hydrogens is 162 g/mol. The number of carboxylic acids is 1. The molecule has 0 aliphatic rings. The number of hydrogen-bond acceptors (Lipinski definition) is 5. The number of rotatable bonds is 6. The number of carbonyl (C=O) groups is 1. The molecule has 4 N–H and O–H groups in total. The Morgan fingerprint density at radius 1 is 1.75 bits per heavy atom. The summed E-state index contributed by atoms with van der Waals surface area (Å²) in [6, 6.07) is 0. The first-order valence-electron chi connectivity index (χ1n) is 3.27. The minimum absolute atomic E-state index is 0.226. The first-order valence-corrected chi connectivity index (χ1v) is 3.27. The number of nitrogens with two attached hydrogens (primary N) is 1. The van der Waals surface area contributed by atoms with Gasteiger partial charge in [-0.3, -0.25) is 0 Å². The third kappa shape index (κ3) is 6.69. The van der Waals surface area contributed by atoms with E-state index < -0.39 is 5.97 Å². The topological polar surface area (TPSA) is 109 Å². The SMILES string of the molecule is N=N/C=C(\N)CCOCC(=O)O. The van der Waals surface area contributed by atoms with Crippen molar-refractivity contribution in [3.8, 4) is 0 Å². The Morgan fingerprint density at radius 3 is 2.92 bits per heavy atom. The number of ether oxygens (including phenoxy) is 1. The molecule has 0 radical (unpaired) electrons. The highest BCUT2D eigenvalue weighted by molar-refractivity contribution is 5.67. The fourth-order valence-electron chi connectivity index (χ4n) is 0.497. The normalized spacial score (nSPS) is 11.2. The van der Waals surface area contributed by atoms with E-state index in [0.29, 0.717) is 12.1 Å². The van der Waals surface area contributed by atoms with Crippen molar-refractivity contribution >= 4 is 5.97 Å². The zero-order valence-electron chi connectivity index (χ0n) is 6.49. The Morgan fingerprint density at radius 2 is 2.42 bits per heavy atom. The number of hydrogen-bond donors (Lipinski definition) is 3. The van der Waals surface area contributed by atoms with Gasteiger partial charge in [-0.05, 0) is 0 Å². The largest absolute Gasteiger partial charge is 0.480 e.